The third kappa shape index (κ3) is 5.66. The Labute approximate surface area is 183 Å². The fourth-order valence-corrected chi connectivity index (χ4v) is 4.23. The average Bonchev–Trinajstić information content (AvgIpc) is 3.10. The van der Waals surface area contributed by atoms with Gasteiger partial charge in [-0.05, 0) is 58.6 Å². The van der Waals surface area contributed by atoms with E-state index in [9.17, 15) is 9.59 Å². The van der Waals surface area contributed by atoms with Gasteiger partial charge < -0.3 is 18.9 Å². The normalized spacial score (nSPS) is 18.6. The van der Waals surface area contributed by atoms with E-state index in [1.54, 1.807) is 11.8 Å². The lowest BCUT2D eigenvalue weighted by molar-refractivity contribution is -0.162. The molecule has 7 heteroatoms. The van der Waals surface area contributed by atoms with Crippen molar-refractivity contribution in [1.82, 2.24) is 10.1 Å². The number of nitrogens with zero attached hydrogens (tertiary/aromatic N) is 2. The standard InChI is InChI=1S/C24H32N2O5/c1-4-29-23(28)24(14-16-30-20-9-6-5-7-10-20)13-8-15-26(17-24)22(27)12-11-21-18(2)25-31-19(21)3/h5-7,9-10H,4,8,11-17H2,1-3H3/t24-/m0/s1. The summed E-state index contributed by atoms with van der Waals surface area (Å²) in [7, 11) is 0. The Morgan fingerprint density at radius 3 is 2.68 bits per heavy atom. The zero-order chi connectivity index (χ0) is 22.3. The third-order valence-corrected chi connectivity index (χ3v) is 6.00. The number of ether oxygens (including phenoxy) is 2. The summed E-state index contributed by atoms with van der Waals surface area (Å²) in [5.74, 6) is 1.32. The molecule has 31 heavy (non-hydrogen) atoms. The van der Waals surface area contributed by atoms with Crippen LogP contribution in [0, 0.1) is 19.3 Å². The number of para-hydroxylation sites is 1. The summed E-state index contributed by atoms with van der Waals surface area (Å²) in [5, 5.41) is 3.96. The highest BCUT2D eigenvalue weighted by molar-refractivity contribution is 5.81. The van der Waals surface area contributed by atoms with Crippen LogP contribution in [0.2, 0.25) is 0 Å². The van der Waals surface area contributed by atoms with Gasteiger partial charge in [-0.1, -0.05) is 23.4 Å². The van der Waals surface area contributed by atoms with Crippen LogP contribution in [0.25, 0.3) is 0 Å². The van der Waals surface area contributed by atoms with Gasteiger partial charge in [0.05, 0.1) is 24.3 Å². The van der Waals surface area contributed by atoms with E-state index in [1.807, 2.05) is 44.2 Å². The molecule has 0 spiro atoms. The predicted molar refractivity (Wildman–Crippen MR) is 116 cm³/mol. The van der Waals surface area contributed by atoms with Crippen molar-refractivity contribution in [3.63, 3.8) is 0 Å². The van der Waals surface area contributed by atoms with Gasteiger partial charge in [0.1, 0.15) is 11.5 Å². The molecule has 1 aliphatic heterocycles. The Bertz CT molecular complexity index is 860. The molecule has 2 aromatic rings. The van der Waals surface area contributed by atoms with Crippen molar-refractivity contribution in [2.24, 2.45) is 5.41 Å². The zero-order valence-corrected chi connectivity index (χ0v) is 18.7. The molecule has 1 aromatic heterocycles. The first-order valence-electron chi connectivity index (χ1n) is 11.0. The van der Waals surface area contributed by atoms with E-state index in [4.69, 9.17) is 14.0 Å². The Morgan fingerprint density at radius 1 is 1.23 bits per heavy atom. The number of piperidine rings is 1. The summed E-state index contributed by atoms with van der Waals surface area (Å²) < 4.78 is 16.5. The van der Waals surface area contributed by atoms with E-state index >= 15 is 0 Å². The number of carbonyl (C=O) groups is 2. The smallest absolute Gasteiger partial charge is 0.314 e. The number of aryl methyl sites for hydroxylation is 2. The summed E-state index contributed by atoms with van der Waals surface area (Å²) in [6.07, 6.45) is 2.91. The summed E-state index contributed by atoms with van der Waals surface area (Å²) in [5.41, 5.74) is 1.07. The molecule has 1 aliphatic rings. The van der Waals surface area contributed by atoms with E-state index in [-0.39, 0.29) is 11.9 Å². The minimum atomic E-state index is -0.734. The second-order valence-corrected chi connectivity index (χ2v) is 8.13. The highest BCUT2D eigenvalue weighted by atomic mass is 16.5. The Balaban J connectivity index is 1.64. The van der Waals surface area contributed by atoms with Crippen molar-refractivity contribution < 1.29 is 23.6 Å². The van der Waals surface area contributed by atoms with E-state index < -0.39 is 5.41 Å². The SMILES string of the molecule is CCOC(=O)[C@]1(CCOc2ccccc2)CCCN(C(=O)CCc2c(C)noc2C)C1. The fraction of sp³-hybridized carbons (Fsp3) is 0.542. The van der Waals surface area contributed by atoms with Crippen molar-refractivity contribution in [1.29, 1.82) is 0 Å². The first-order valence-corrected chi connectivity index (χ1v) is 11.0. The first kappa shape index (κ1) is 22.8. The molecule has 0 saturated carbocycles. The molecular weight excluding hydrogens is 396 g/mol. The van der Waals surface area contributed by atoms with Crippen LogP contribution in [0.4, 0.5) is 0 Å². The predicted octanol–water partition coefficient (Wildman–Crippen LogP) is 3.87. The summed E-state index contributed by atoms with van der Waals surface area (Å²) >= 11 is 0. The van der Waals surface area contributed by atoms with Gasteiger partial charge in [0.25, 0.3) is 0 Å². The van der Waals surface area contributed by atoms with Crippen molar-refractivity contribution in [2.45, 2.75) is 52.9 Å². The van der Waals surface area contributed by atoms with Gasteiger partial charge in [0, 0.05) is 25.1 Å². The number of amides is 1. The number of rotatable bonds is 9. The maximum absolute atomic E-state index is 13.0. The number of aromatic nitrogens is 1. The summed E-state index contributed by atoms with van der Waals surface area (Å²) in [6.45, 7) is 7.28. The van der Waals surface area contributed by atoms with Crippen LogP contribution in [-0.4, -0.2) is 48.2 Å². The molecule has 1 fully saturated rings. The van der Waals surface area contributed by atoms with E-state index in [2.05, 4.69) is 5.16 Å². The Hall–Kier alpha value is -2.83. The largest absolute Gasteiger partial charge is 0.494 e. The van der Waals surface area contributed by atoms with Gasteiger partial charge >= 0.3 is 5.97 Å². The minimum absolute atomic E-state index is 0.0392. The molecule has 0 aliphatic carbocycles. The molecular formula is C24H32N2O5. The number of hydrogen-bond donors (Lipinski definition) is 0. The molecule has 1 saturated heterocycles. The van der Waals surface area contributed by atoms with E-state index in [0.717, 1.165) is 29.2 Å². The second-order valence-electron chi connectivity index (χ2n) is 8.13. The van der Waals surface area contributed by atoms with Crippen LogP contribution in [0.3, 0.4) is 0 Å². The summed E-state index contributed by atoms with van der Waals surface area (Å²) in [6, 6.07) is 9.54. The number of carbonyl (C=O) groups excluding carboxylic acids is 2. The molecule has 0 unspecified atom stereocenters. The fourth-order valence-electron chi connectivity index (χ4n) is 4.23. The molecule has 7 nitrogen and oxygen atoms in total. The molecule has 0 N–H and O–H groups in total. The Kier molecular flexibility index (Phi) is 7.71. The molecule has 0 bridgehead atoms. The van der Waals surface area contributed by atoms with Gasteiger partial charge in [-0.25, -0.2) is 0 Å². The first-order chi connectivity index (χ1) is 14.9. The molecule has 1 atom stereocenters. The van der Waals surface area contributed by atoms with E-state index in [1.165, 1.54) is 0 Å². The molecule has 2 heterocycles. The number of hydrogen-bond acceptors (Lipinski definition) is 6. The molecule has 3 rings (SSSR count). The van der Waals surface area contributed by atoms with E-state index in [0.29, 0.717) is 52.0 Å². The van der Waals surface area contributed by atoms with Crippen molar-refractivity contribution in [2.75, 3.05) is 26.3 Å². The van der Waals surface area contributed by atoms with Crippen LogP contribution < -0.4 is 4.74 Å². The maximum atomic E-state index is 13.0. The average molecular weight is 429 g/mol. The highest BCUT2D eigenvalue weighted by Gasteiger charge is 2.44. The highest BCUT2D eigenvalue weighted by Crippen LogP contribution is 2.36. The van der Waals surface area contributed by atoms with Crippen LogP contribution in [-0.2, 0) is 20.7 Å². The van der Waals surface area contributed by atoms with Crippen molar-refractivity contribution >= 4 is 11.9 Å². The molecule has 168 valence electrons. The third-order valence-electron chi connectivity index (χ3n) is 6.00. The van der Waals surface area contributed by atoms with Gasteiger partial charge in [-0.15, -0.1) is 0 Å². The lowest BCUT2D eigenvalue weighted by atomic mass is 9.77. The topological polar surface area (TPSA) is 81.9 Å². The van der Waals surface area contributed by atoms with Gasteiger partial charge in [-0.2, -0.15) is 0 Å². The zero-order valence-electron chi connectivity index (χ0n) is 18.7. The maximum Gasteiger partial charge on any atom is 0.314 e. The van der Waals surface area contributed by atoms with Gasteiger partial charge in [-0.3, -0.25) is 9.59 Å². The van der Waals surface area contributed by atoms with Gasteiger partial charge in [0.15, 0.2) is 0 Å². The Morgan fingerprint density at radius 2 is 2.00 bits per heavy atom. The molecule has 1 amide bonds. The van der Waals surface area contributed by atoms with Crippen LogP contribution in [0.5, 0.6) is 5.75 Å². The lowest BCUT2D eigenvalue weighted by Gasteiger charge is -2.41. The second kappa shape index (κ2) is 10.5. The number of benzene rings is 1. The molecule has 1 aromatic carbocycles. The van der Waals surface area contributed by atoms with Crippen LogP contribution in [0.15, 0.2) is 34.9 Å². The lowest BCUT2D eigenvalue weighted by Crippen LogP contribution is -2.51. The summed E-state index contributed by atoms with van der Waals surface area (Å²) in [4.78, 5) is 27.7. The van der Waals surface area contributed by atoms with Crippen molar-refractivity contribution in [3.05, 3.63) is 47.3 Å². The van der Waals surface area contributed by atoms with Crippen LogP contribution in [0.1, 0.15) is 49.6 Å². The molecule has 0 radical (unpaired) electrons. The number of esters is 1. The quantitative estimate of drug-likeness (QED) is 0.564. The van der Waals surface area contributed by atoms with Gasteiger partial charge in [0.2, 0.25) is 5.91 Å². The number of likely N-dealkylation sites (tertiary alicyclic amines) is 1. The minimum Gasteiger partial charge on any atom is -0.494 e. The van der Waals surface area contributed by atoms with Crippen molar-refractivity contribution in [3.8, 4) is 5.75 Å². The monoisotopic (exact) mass is 428 g/mol. The van der Waals surface area contributed by atoms with Crippen LogP contribution >= 0.6 is 0 Å².